The van der Waals surface area contributed by atoms with Crippen LogP contribution in [0, 0.1) is 0 Å². The number of hydrogen-bond acceptors (Lipinski definition) is 6. The molecule has 2 rings (SSSR count). The number of benzene rings is 1. The molecule has 1 aromatic heterocycles. The molecule has 1 heterocycles. The highest BCUT2D eigenvalue weighted by Gasteiger charge is 2.11. The molecule has 0 saturated carbocycles. The van der Waals surface area contributed by atoms with Crippen molar-refractivity contribution in [3.05, 3.63) is 30.1 Å². The number of carbonyl (C=O) groups is 1. The van der Waals surface area contributed by atoms with E-state index in [-0.39, 0.29) is 5.91 Å². The molecule has 0 bridgehead atoms. The van der Waals surface area contributed by atoms with E-state index in [2.05, 4.69) is 14.7 Å². The van der Waals surface area contributed by atoms with E-state index in [0.29, 0.717) is 22.2 Å². The highest BCUT2D eigenvalue weighted by atomic mass is 32.1. The van der Waals surface area contributed by atoms with Gasteiger partial charge in [0, 0.05) is 23.2 Å². The van der Waals surface area contributed by atoms with Crippen LogP contribution < -0.4 is 14.8 Å². The van der Waals surface area contributed by atoms with E-state index in [9.17, 15) is 4.79 Å². The average molecular weight is 265 g/mol. The van der Waals surface area contributed by atoms with Crippen LogP contribution in [0.25, 0.3) is 0 Å². The van der Waals surface area contributed by atoms with Gasteiger partial charge in [-0.1, -0.05) is 0 Å². The zero-order valence-electron chi connectivity index (χ0n) is 9.84. The van der Waals surface area contributed by atoms with Gasteiger partial charge >= 0.3 is 0 Å². The standard InChI is InChI=1S/C11H11N3O3S/c1-16-8-3-7(4-9(5-8)17-2)10(15)14-11-12-6-13-18-11/h3-6H,1-2H3,(H,12,13,14,15). The minimum Gasteiger partial charge on any atom is -0.497 e. The van der Waals surface area contributed by atoms with Crippen LogP contribution in [0.15, 0.2) is 24.5 Å². The molecule has 1 amide bonds. The zero-order valence-corrected chi connectivity index (χ0v) is 10.7. The first-order valence-corrected chi connectivity index (χ1v) is 5.81. The Morgan fingerprint density at radius 3 is 2.39 bits per heavy atom. The van der Waals surface area contributed by atoms with Crippen LogP contribution in [0.2, 0.25) is 0 Å². The van der Waals surface area contributed by atoms with Crippen LogP contribution >= 0.6 is 11.5 Å². The Hall–Kier alpha value is -2.15. The van der Waals surface area contributed by atoms with Gasteiger partial charge < -0.3 is 9.47 Å². The van der Waals surface area contributed by atoms with Gasteiger partial charge in [-0.05, 0) is 12.1 Å². The molecule has 18 heavy (non-hydrogen) atoms. The number of aromatic nitrogens is 2. The summed E-state index contributed by atoms with van der Waals surface area (Å²) in [6.45, 7) is 0. The summed E-state index contributed by atoms with van der Waals surface area (Å²) < 4.78 is 14.0. The van der Waals surface area contributed by atoms with Crippen molar-refractivity contribution in [3.63, 3.8) is 0 Å². The number of methoxy groups -OCH3 is 2. The van der Waals surface area contributed by atoms with E-state index in [4.69, 9.17) is 9.47 Å². The molecular formula is C11H11N3O3S. The molecule has 0 spiro atoms. The number of carbonyl (C=O) groups excluding carboxylic acids is 1. The second-order valence-electron chi connectivity index (χ2n) is 3.30. The lowest BCUT2D eigenvalue weighted by molar-refractivity contribution is 0.102. The normalized spacial score (nSPS) is 9.89. The largest absolute Gasteiger partial charge is 0.497 e. The molecule has 0 radical (unpaired) electrons. The van der Waals surface area contributed by atoms with Crippen LogP contribution in [0.1, 0.15) is 10.4 Å². The number of amides is 1. The molecule has 0 aliphatic carbocycles. The van der Waals surface area contributed by atoms with Gasteiger partial charge in [-0.2, -0.15) is 4.37 Å². The van der Waals surface area contributed by atoms with Crippen molar-refractivity contribution in [1.82, 2.24) is 9.36 Å². The molecule has 0 unspecified atom stereocenters. The van der Waals surface area contributed by atoms with Crippen molar-refractivity contribution in [1.29, 1.82) is 0 Å². The monoisotopic (exact) mass is 265 g/mol. The van der Waals surface area contributed by atoms with E-state index < -0.39 is 0 Å². The number of rotatable bonds is 4. The molecule has 0 saturated heterocycles. The Balaban J connectivity index is 2.23. The molecule has 6 nitrogen and oxygen atoms in total. The predicted octanol–water partition coefficient (Wildman–Crippen LogP) is 1.81. The Kier molecular flexibility index (Phi) is 3.73. The molecule has 0 atom stereocenters. The fraction of sp³-hybridized carbons (Fsp3) is 0.182. The summed E-state index contributed by atoms with van der Waals surface area (Å²) in [6, 6.07) is 4.94. The lowest BCUT2D eigenvalue weighted by Crippen LogP contribution is -2.11. The highest BCUT2D eigenvalue weighted by molar-refractivity contribution is 7.09. The maximum Gasteiger partial charge on any atom is 0.257 e. The van der Waals surface area contributed by atoms with E-state index in [1.807, 2.05) is 0 Å². The van der Waals surface area contributed by atoms with Gasteiger partial charge in [-0.25, -0.2) is 4.98 Å². The summed E-state index contributed by atoms with van der Waals surface area (Å²) in [7, 11) is 3.06. The second kappa shape index (κ2) is 5.46. The van der Waals surface area contributed by atoms with Gasteiger partial charge in [0.15, 0.2) is 0 Å². The molecule has 7 heteroatoms. The van der Waals surface area contributed by atoms with Crippen molar-refractivity contribution >= 4 is 22.6 Å². The third-order valence-electron chi connectivity index (χ3n) is 2.20. The summed E-state index contributed by atoms with van der Waals surface area (Å²) in [5.41, 5.74) is 0.432. The Labute approximate surface area is 108 Å². The summed E-state index contributed by atoms with van der Waals surface area (Å²) in [5.74, 6) is 0.817. The van der Waals surface area contributed by atoms with E-state index >= 15 is 0 Å². The number of ether oxygens (including phenoxy) is 2. The zero-order chi connectivity index (χ0) is 13.0. The Morgan fingerprint density at radius 2 is 1.89 bits per heavy atom. The van der Waals surface area contributed by atoms with Crippen LogP contribution in [-0.4, -0.2) is 29.5 Å². The maximum atomic E-state index is 12.0. The molecule has 2 aromatic rings. The summed E-state index contributed by atoms with van der Waals surface area (Å²) in [6.07, 6.45) is 1.38. The molecular weight excluding hydrogens is 254 g/mol. The maximum absolute atomic E-state index is 12.0. The minimum absolute atomic E-state index is 0.288. The topological polar surface area (TPSA) is 73.3 Å². The molecule has 1 N–H and O–H groups in total. The fourth-order valence-corrected chi connectivity index (χ4v) is 1.76. The lowest BCUT2D eigenvalue weighted by atomic mass is 10.2. The van der Waals surface area contributed by atoms with Crippen molar-refractivity contribution < 1.29 is 14.3 Å². The first-order chi connectivity index (χ1) is 8.72. The fourth-order valence-electron chi connectivity index (χ4n) is 1.34. The first-order valence-electron chi connectivity index (χ1n) is 5.04. The summed E-state index contributed by atoms with van der Waals surface area (Å²) in [5, 5.41) is 3.08. The van der Waals surface area contributed by atoms with Crippen LogP contribution in [0.4, 0.5) is 5.13 Å². The van der Waals surface area contributed by atoms with Gasteiger partial charge in [0.1, 0.15) is 17.8 Å². The smallest absolute Gasteiger partial charge is 0.257 e. The number of hydrogen-bond donors (Lipinski definition) is 1. The number of anilines is 1. The molecule has 94 valence electrons. The minimum atomic E-state index is -0.288. The van der Waals surface area contributed by atoms with Crippen molar-refractivity contribution in [3.8, 4) is 11.5 Å². The van der Waals surface area contributed by atoms with Crippen LogP contribution in [-0.2, 0) is 0 Å². The first kappa shape index (κ1) is 12.3. The molecule has 1 aromatic carbocycles. The average Bonchev–Trinajstić information content (AvgIpc) is 2.90. The third-order valence-corrected chi connectivity index (χ3v) is 2.78. The van der Waals surface area contributed by atoms with Crippen molar-refractivity contribution in [2.24, 2.45) is 0 Å². The van der Waals surface area contributed by atoms with Gasteiger partial charge in [0.05, 0.1) is 14.2 Å². The Bertz CT molecular complexity index is 520. The van der Waals surface area contributed by atoms with E-state index in [1.165, 1.54) is 20.5 Å². The quantitative estimate of drug-likeness (QED) is 0.912. The SMILES string of the molecule is COc1cc(OC)cc(C(=O)Nc2ncns2)c1. The van der Waals surface area contributed by atoms with Crippen LogP contribution in [0.3, 0.4) is 0 Å². The third kappa shape index (κ3) is 2.75. The van der Waals surface area contributed by atoms with Gasteiger partial charge in [-0.15, -0.1) is 0 Å². The molecule has 0 aliphatic heterocycles. The molecule has 0 aliphatic rings. The predicted molar refractivity (Wildman–Crippen MR) is 67.4 cm³/mol. The number of nitrogens with zero attached hydrogens (tertiary/aromatic N) is 2. The van der Waals surface area contributed by atoms with Crippen molar-refractivity contribution in [2.45, 2.75) is 0 Å². The van der Waals surface area contributed by atoms with Gasteiger partial charge in [0.25, 0.3) is 5.91 Å². The van der Waals surface area contributed by atoms with E-state index in [0.717, 1.165) is 11.5 Å². The number of nitrogens with one attached hydrogen (secondary N) is 1. The summed E-state index contributed by atoms with van der Waals surface area (Å²) in [4.78, 5) is 15.8. The van der Waals surface area contributed by atoms with Gasteiger partial charge in [0.2, 0.25) is 5.13 Å². The van der Waals surface area contributed by atoms with Crippen LogP contribution in [0.5, 0.6) is 11.5 Å². The molecule has 0 fully saturated rings. The highest BCUT2D eigenvalue weighted by Crippen LogP contribution is 2.23. The van der Waals surface area contributed by atoms with Crippen molar-refractivity contribution in [2.75, 3.05) is 19.5 Å². The lowest BCUT2D eigenvalue weighted by Gasteiger charge is -2.07. The Morgan fingerprint density at radius 1 is 1.22 bits per heavy atom. The second-order valence-corrected chi connectivity index (χ2v) is 4.08. The summed E-state index contributed by atoms with van der Waals surface area (Å²) >= 11 is 1.11. The van der Waals surface area contributed by atoms with E-state index in [1.54, 1.807) is 18.2 Å². The van der Waals surface area contributed by atoms with Gasteiger partial charge in [-0.3, -0.25) is 10.1 Å².